The van der Waals surface area contributed by atoms with Crippen LogP contribution >= 0.6 is 0 Å². The predicted octanol–water partition coefficient (Wildman–Crippen LogP) is 2.01. The smallest absolute Gasteiger partial charge is 0.292 e. The van der Waals surface area contributed by atoms with Crippen molar-refractivity contribution in [3.05, 3.63) is 33.4 Å². The van der Waals surface area contributed by atoms with Gasteiger partial charge in [-0.3, -0.25) is 10.1 Å². The lowest BCUT2D eigenvalue weighted by Crippen LogP contribution is -2.52. The molecule has 1 aromatic carbocycles. The summed E-state index contributed by atoms with van der Waals surface area (Å²) in [4.78, 5) is 10.4. The minimum Gasteiger partial charge on any atom is -0.329 e. The molecule has 0 aliphatic carbocycles. The summed E-state index contributed by atoms with van der Waals surface area (Å²) in [6.07, 6.45) is 0.996. The highest BCUT2D eigenvalue weighted by Crippen LogP contribution is 2.31. The Morgan fingerprint density at radius 1 is 1.23 bits per heavy atom. The first-order valence-electron chi connectivity index (χ1n) is 7.12. The lowest BCUT2D eigenvalue weighted by Gasteiger charge is -2.31. The van der Waals surface area contributed by atoms with E-state index in [1.54, 1.807) is 19.1 Å². The summed E-state index contributed by atoms with van der Waals surface area (Å²) in [6.45, 7) is 6.85. The first-order chi connectivity index (χ1) is 10.1. The van der Waals surface area contributed by atoms with Crippen LogP contribution in [0.25, 0.3) is 0 Å². The standard InChI is InChI=1S/C14H23N3O4S/c1-5-14(6-2,9-15)16-22(20,21)13-11(4)8-7-10(3)12(13)17(18)19/h7-8,16H,5-6,9,15H2,1-4H3. The quantitative estimate of drug-likeness (QED) is 0.586. The summed E-state index contributed by atoms with van der Waals surface area (Å²) in [5, 5.41) is 11.3. The van der Waals surface area contributed by atoms with Crippen molar-refractivity contribution < 1.29 is 13.3 Å². The molecule has 22 heavy (non-hydrogen) atoms. The molecule has 3 N–H and O–H groups in total. The van der Waals surface area contributed by atoms with Crippen molar-refractivity contribution >= 4 is 15.7 Å². The summed E-state index contributed by atoms with van der Waals surface area (Å²) in [5.74, 6) is 0. The second-order valence-corrected chi connectivity index (χ2v) is 7.05. The minimum atomic E-state index is -4.05. The molecule has 1 aromatic rings. The van der Waals surface area contributed by atoms with Gasteiger partial charge in [-0.05, 0) is 32.3 Å². The molecule has 8 heteroatoms. The molecule has 124 valence electrons. The van der Waals surface area contributed by atoms with Crippen molar-refractivity contribution in [2.45, 2.75) is 51.0 Å². The van der Waals surface area contributed by atoms with Crippen LogP contribution in [-0.4, -0.2) is 25.4 Å². The lowest BCUT2D eigenvalue weighted by atomic mass is 9.95. The van der Waals surface area contributed by atoms with Gasteiger partial charge in [-0.1, -0.05) is 26.0 Å². The van der Waals surface area contributed by atoms with Crippen LogP contribution in [-0.2, 0) is 10.0 Å². The van der Waals surface area contributed by atoms with Gasteiger partial charge in [0.05, 0.1) is 4.92 Å². The SMILES string of the molecule is CCC(CC)(CN)NS(=O)(=O)c1c(C)ccc(C)c1[N+](=O)[O-]. The number of nitro groups is 1. The maximum absolute atomic E-state index is 12.8. The Balaban J connectivity index is 3.54. The van der Waals surface area contributed by atoms with Gasteiger partial charge >= 0.3 is 0 Å². The molecule has 0 aliphatic rings. The van der Waals surface area contributed by atoms with Gasteiger partial charge in [0, 0.05) is 17.6 Å². The van der Waals surface area contributed by atoms with Gasteiger partial charge in [0.2, 0.25) is 10.0 Å². The predicted molar refractivity (Wildman–Crippen MR) is 85.3 cm³/mol. The van der Waals surface area contributed by atoms with Crippen LogP contribution < -0.4 is 10.5 Å². The van der Waals surface area contributed by atoms with Crippen LogP contribution in [0.3, 0.4) is 0 Å². The largest absolute Gasteiger partial charge is 0.329 e. The Bertz CT molecular complexity index is 659. The molecule has 0 aromatic heterocycles. The van der Waals surface area contributed by atoms with Gasteiger partial charge in [-0.15, -0.1) is 0 Å². The van der Waals surface area contributed by atoms with Crippen molar-refractivity contribution in [2.75, 3.05) is 6.54 Å². The summed E-state index contributed by atoms with van der Waals surface area (Å²) >= 11 is 0. The summed E-state index contributed by atoms with van der Waals surface area (Å²) in [5.41, 5.74) is 5.18. The van der Waals surface area contributed by atoms with Gasteiger partial charge in [-0.2, -0.15) is 0 Å². The average Bonchev–Trinajstić information content (AvgIpc) is 2.46. The third-order valence-corrected chi connectivity index (χ3v) is 5.83. The zero-order valence-corrected chi connectivity index (χ0v) is 14.2. The molecule has 0 atom stereocenters. The van der Waals surface area contributed by atoms with Gasteiger partial charge < -0.3 is 5.73 Å². The maximum Gasteiger partial charge on any atom is 0.292 e. The zero-order valence-electron chi connectivity index (χ0n) is 13.3. The number of nitro benzene ring substituents is 1. The molecule has 0 spiro atoms. The van der Waals surface area contributed by atoms with Crippen LogP contribution in [0, 0.1) is 24.0 Å². The van der Waals surface area contributed by atoms with Gasteiger partial charge in [-0.25, -0.2) is 13.1 Å². The third kappa shape index (κ3) is 3.45. The number of nitrogens with zero attached hydrogens (tertiary/aromatic N) is 1. The number of sulfonamides is 1. The first-order valence-corrected chi connectivity index (χ1v) is 8.61. The Hall–Kier alpha value is -1.51. The number of aryl methyl sites for hydroxylation is 2. The monoisotopic (exact) mass is 329 g/mol. The molecular weight excluding hydrogens is 306 g/mol. The Morgan fingerprint density at radius 2 is 1.73 bits per heavy atom. The molecule has 7 nitrogen and oxygen atoms in total. The summed E-state index contributed by atoms with van der Waals surface area (Å²) in [6, 6.07) is 3.11. The topological polar surface area (TPSA) is 115 Å². The number of hydrogen-bond acceptors (Lipinski definition) is 5. The van der Waals surface area contributed by atoms with Crippen LogP contribution in [0.5, 0.6) is 0 Å². The fourth-order valence-corrected chi connectivity index (χ4v) is 4.42. The highest BCUT2D eigenvalue weighted by Gasteiger charge is 2.36. The first kappa shape index (κ1) is 18.5. The van der Waals surface area contributed by atoms with E-state index in [1.807, 2.05) is 13.8 Å². The lowest BCUT2D eigenvalue weighted by molar-refractivity contribution is -0.388. The van der Waals surface area contributed by atoms with E-state index < -0.39 is 20.5 Å². The van der Waals surface area contributed by atoms with Gasteiger partial charge in [0.15, 0.2) is 4.90 Å². The molecule has 0 saturated heterocycles. The minimum absolute atomic E-state index is 0.123. The Morgan fingerprint density at radius 3 is 2.14 bits per heavy atom. The van der Waals surface area contributed by atoms with Gasteiger partial charge in [0.1, 0.15) is 0 Å². The van der Waals surface area contributed by atoms with E-state index in [-0.39, 0.29) is 17.1 Å². The van der Waals surface area contributed by atoms with E-state index in [2.05, 4.69) is 4.72 Å². The Kier molecular flexibility index (Phi) is 5.66. The van der Waals surface area contributed by atoms with Crippen LogP contribution in [0.1, 0.15) is 37.8 Å². The molecular formula is C14H23N3O4S. The van der Waals surface area contributed by atoms with E-state index in [9.17, 15) is 18.5 Å². The second-order valence-electron chi connectivity index (χ2n) is 5.43. The molecule has 0 aliphatic heterocycles. The van der Waals surface area contributed by atoms with E-state index in [1.165, 1.54) is 6.92 Å². The average molecular weight is 329 g/mol. The zero-order chi connectivity index (χ0) is 17.1. The van der Waals surface area contributed by atoms with Crippen LogP contribution in [0.4, 0.5) is 5.69 Å². The van der Waals surface area contributed by atoms with E-state index in [4.69, 9.17) is 5.73 Å². The van der Waals surface area contributed by atoms with Crippen LogP contribution in [0.15, 0.2) is 17.0 Å². The number of nitrogens with two attached hydrogens (primary N) is 1. The molecule has 0 amide bonds. The number of nitrogens with one attached hydrogen (secondary N) is 1. The number of hydrogen-bond donors (Lipinski definition) is 2. The second kappa shape index (κ2) is 6.72. The summed E-state index contributed by atoms with van der Waals surface area (Å²) < 4.78 is 28.1. The van der Waals surface area contributed by atoms with Crippen molar-refractivity contribution in [2.24, 2.45) is 5.73 Å². The third-order valence-electron chi connectivity index (χ3n) is 4.08. The fraction of sp³-hybridized carbons (Fsp3) is 0.571. The Labute approximate surface area is 131 Å². The van der Waals surface area contributed by atoms with Crippen molar-refractivity contribution in [1.82, 2.24) is 4.72 Å². The van der Waals surface area contributed by atoms with Gasteiger partial charge in [0.25, 0.3) is 5.69 Å². The van der Waals surface area contributed by atoms with Crippen molar-refractivity contribution in [3.63, 3.8) is 0 Å². The molecule has 1 rings (SSSR count). The van der Waals surface area contributed by atoms with E-state index >= 15 is 0 Å². The molecule has 0 radical (unpaired) electrons. The molecule has 0 bridgehead atoms. The van der Waals surface area contributed by atoms with Crippen molar-refractivity contribution in [3.8, 4) is 0 Å². The summed E-state index contributed by atoms with van der Waals surface area (Å²) in [7, 11) is -4.05. The normalized spacial score (nSPS) is 12.4. The maximum atomic E-state index is 12.8. The number of benzene rings is 1. The molecule has 0 fully saturated rings. The van der Waals surface area contributed by atoms with E-state index in [0.29, 0.717) is 24.0 Å². The molecule has 0 heterocycles. The van der Waals surface area contributed by atoms with Crippen LogP contribution in [0.2, 0.25) is 0 Å². The molecule has 0 saturated carbocycles. The highest BCUT2D eigenvalue weighted by molar-refractivity contribution is 7.89. The van der Waals surface area contributed by atoms with Crippen molar-refractivity contribution in [1.29, 1.82) is 0 Å². The number of rotatable bonds is 7. The fourth-order valence-electron chi connectivity index (χ4n) is 2.40. The van der Waals surface area contributed by atoms with E-state index in [0.717, 1.165) is 0 Å². The molecule has 0 unspecified atom stereocenters. The highest BCUT2D eigenvalue weighted by atomic mass is 32.2.